The highest BCUT2D eigenvalue weighted by atomic mass is 16.5. The van der Waals surface area contributed by atoms with E-state index in [1.807, 2.05) is 0 Å². The fourth-order valence-electron chi connectivity index (χ4n) is 1.44. The summed E-state index contributed by atoms with van der Waals surface area (Å²) in [5.41, 5.74) is 0. The molecule has 0 aliphatic heterocycles. The maximum atomic E-state index is 5.59. The summed E-state index contributed by atoms with van der Waals surface area (Å²) >= 11 is 0. The van der Waals surface area contributed by atoms with Gasteiger partial charge in [0.1, 0.15) is 0 Å². The molecule has 0 unspecified atom stereocenters. The fourth-order valence-corrected chi connectivity index (χ4v) is 1.44. The first-order valence-electron chi connectivity index (χ1n) is 6.30. The van der Waals surface area contributed by atoms with Crippen LogP contribution in [-0.2, 0) is 4.74 Å². The fraction of sp³-hybridized carbons (Fsp3) is 1.00. The molecule has 1 saturated carbocycles. The molecule has 90 valence electrons. The Morgan fingerprint density at radius 2 is 2.07 bits per heavy atom. The van der Waals surface area contributed by atoms with Crippen molar-refractivity contribution in [3.63, 3.8) is 0 Å². The number of nitrogens with one attached hydrogen (secondary N) is 1. The maximum Gasteiger partial charge on any atom is 0.0593 e. The summed E-state index contributed by atoms with van der Waals surface area (Å²) in [6.45, 7) is 8.47. The van der Waals surface area contributed by atoms with Crippen molar-refractivity contribution in [2.24, 2.45) is 5.92 Å². The summed E-state index contributed by atoms with van der Waals surface area (Å²) in [4.78, 5) is 2.33. The van der Waals surface area contributed by atoms with Crippen LogP contribution in [0.5, 0.6) is 0 Å². The molecule has 0 atom stereocenters. The molecule has 0 radical (unpaired) electrons. The number of rotatable bonds is 10. The summed E-state index contributed by atoms with van der Waals surface area (Å²) in [5.74, 6) is 0.890. The second-order valence-electron chi connectivity index (χ2n) is 4.57. The van der Waals surface area contributed by atoms with Gasteiger partial charge in [0.25, 0.3) is 0 Å². The molecule has 0 spiro atoms. The topological polar surface area (TPSA) is 24.5 Å². The van der Waals surface area contributed by atoms with Crippen LogP contribution in [0.15, 0.2) is 0 Å². The first-order valence-corrected chi connectivity index (χ1v) is 6.30. The van der Waals surface area contributed by atoms with E-state index < -0.39 is 0 Å². The lowest BCUT2D eigenvalue weighted by atomic mass is 10.4. The minimum Gasteiger partial charge on any atom is -0.380 e. The summed E-state index contributed by atoms with van der Waals surface area (Å²) < 4.78 is 5.59. The quantitative estimate of drug-likeness (QED) is 0.556. The van der Waals surface area contributed by atoms with Gasteiger partial charge >= 0.3 is 0 Å². The molecule has 15 heavy (non-hydrogen) atoms. The summed E-state index contributed by atoms with van der Waals surface area (Å²) in [7, 11) is 2.16. The smallest absolute Gasteiger partial charge is 0.0593 e. The van der Waals surface area contributed by atoms with Crippen LogP contribution in [0.1, 0.15) is 26.2 Å². The van der Waals surface area contributed by atoms with E-state index >= 15 is 0 Å². The molecule has 0 aromatic heterocycles. The van der Waals surface area contributed by atoms with Crippen LogP contribution >= 0.6 is 0 Å². The van der Waals surface area contributed by atoms with E-state index in [0.29, 0.717) is 0 Å². The Labute approximate surface area is 94.2 Å². The van der Waals surface area contributed by atoms with Gasteiger partial charge in [-0.25, -0.2) is 0 Å². The minimum absolute atomic E-state index is 0.890. The molecular weight excluding hydrogens is 188 g/mol. The predicted molar refractivity (Wildman–Crippen MR) is 64.2 cm³/mol. The van der Waals surface area contributed by atoms with Crippen LogP contribution in [-0.4, -0.2) is 51.3 Å². The van der Waals surface area contributed by atoms with Gasteiger partial charge in [-0.05, 0) is 38.8 Å². The summed E-state index contributed by atoms with van der Waals surface area (Å²) in [5, 5.41) is 3.40. The van der Waals surface area contributed by atoms with Gasteiger partial charge in [0.05, 0.1) is 6.61 Å². The van der Waals surface area contributed by atoms with E-state index in [9.17, 15) is 0 Å². The highest BCUT2D eigenvalue weighted by Gasteiger charge is 2.20. The van der Waals surface area contributed by atoms with Crippen molar-refractivity contribution in [2.45, 2.75) is 26.2 Å². The van der Waals surface area contributed by atoms with Crippen molar-refractivity contribution in [1.29, 1.82) is 0 Å². The standard InChI is InChI=1S/C12H26N2O/c1-3-6-13-7-8-14(2)9-10-15-11-12-4-5-12/h12-13H,3-11H2,1-2H3. The molecule has 1 fully saturated rings. The van der Waals surface area contributed by atoms with E-state index in [2.05, 4.69) is 24.2 Å². The van der Waals surface area contributed by atoms with Crippen molar-refractivity contribution in [3.8, 4) is 0 Å². The van der Waals surface area contributed by atoms with E-state index in [-0.39, 0.29) is 0 Å². The van der Waals surface area contributed by atoms with E-state index in [4.69, 9.17) is 4.74 Å². The number of likely N-dealkylation sites (N-methyl/N-ethyl adjacent to an activating group) is 1. The average Bonchev–Trinajstić information content (AvgIpc) is 3.03. The van der Waals surface area contributed by atoms with Crippen LogP contribution in [0.2, 0.25) is 0 Å². The summed E-state index contributed by atoms with van der Waals surface area (Å²) in [6, 6.07) is 0. The lowest BCUT2D eigenvalue weighted by Gasteiger charge is -2.16. The Bertz CT molecular complexity index is 149. The van der Waals surface area contributed by atoms with Crippen molar-refractivity contribution in [3.05, 3.63) is 0 Å². The van der Waals surface area contributed by atoms with Gasteiger partial charge < -0.3 is 15.0 Å². The van der Waals surface area contributed by atoms with Crippen LogP contribution in [0.25, 0.3) is 0 Å². The van der Waals surface area contributed by atoms with Crippen molar-refractivity contribution in [2.75, 3.05) is 46.4 Å². The predicted octanol–water partition coefficient (Wildman–Crippen LogP) is 1.34. The van der Waals surface area contributed by atoms with Gasteiger partial charge in [-0.3, -0.25) is 0 Å². The molecule has 0 aromatic rings. The molecule has 0 aromatic carbocycles. The SMILES string of the molecule is CCCNCCN(C)CCOCC1CC1. The third-order valence-electron chi connectivity index (χ3n) is 2.76. The molecular formula is C12H26N2O. The maximum absolute atomic E-state index is 5.59. The van der Waals surface area contributed by atoms with Gasteiger partial charge in [-0.1, -0.05) is 6.92 Å². The molecule has 1 rings (SSSR count). The van der Waals surface area contributed by atoms with Crippen LogP contribution in [0, 0.1) is 5.92 Å². The second-order valence-corrected chi connectivity index (χ2v) is 4.57. The van der Waals surface area contributed by atoms with E-state index in [1.165, 1.54) is 19.3 Å². The zero-order chi connectivity index (χ0) is 10.9. The normalized spacial score (nSPS) is 16.2. The third-order valence-corrected chi connectivity index (χ3v) is 2.76. The average molecular weight is 214 g/mol. The molecule has 0 saturated heterocycles. The number of hydrogen-bond acceptors (Lipinski definition) is 3. The molecule has 0 amide bonds. The lowest BCUT2D eigenvalue weighted by molar-refractivity contribution is 0.104. The number of nitrogens with zero attached hydrogens (tertiary/aromatic N) is 1. The summed E-state index contributed by atoms with van der Waals surface area (Å²) in [6.07, 6.45) is 3.99. The van der Waals surface area contributed by atoms with Crippen molar-refractivity contribution in [1.82, 2.24) is 10.2 Å². The first kappa shape index (κ1) is 12.9. The number of ether oxygens (including phenoxy) is 1. The van der Waals surface area contributed by atoms with Crippen LogP contribution < -0.4 is 5.32 Å². The Morgan fingerprint density at radius 1 is 1.27 bits per heavy atom. The van der Waals surface area contributed by atoms with E-state index in [1.54, 1.807) is 0 Å². The molecule has 3 nitrogen and oxygen atoms in total. The molecule has 1 N–H and O–H groups in total. The molecule has 1 aliphatic rings. The molecule has 3 heteroatoms. The third kappa shape index (κ3) is 7.77. The van der Waals surface area contributed by atoms with Gasteiger partial charge in [0, 0.05) is 26.2 Å². The van der Waals surface area contributed by atoms with Crippen LogP contribution in [0.4, 0.5) is 0 Å². The van der Waals surface area contributed by atoms with E-state index in [0.717, 1.165) is 45.3 Å². The van der Waals surface area contributed by atoms with Gasteiger partial charge in [0.2, 0.25) is 0 Å². The molecule has 0 heterocycles. The lowest BCUT2D eigenvalue weighted by Crippen LogP contribution is -2.31. The highest BCUT2D eigenvalue weighted by Crippen LogP contribution is 2.28. The molecule has 1 aliphatic carbocycles. The van der Waals surface area contributed by atoms with Crippen molar-refractivity contribution < 1.29 is 4.74 Å². The zero-order valence-corrected chi connectivity index (χ0v) is 10.3. The molecule has 0 bridgehead atoms. The van der Waals surface area contributed by atoms with Crippen molar-refractivity contribution >= 4 is 0 Å². The van der Waals surface area contributed by atoms with Gasteiger partial charge in [-0.2, -0.15) is 0 Å². The van der Waals surface area contributed by atoms with Gasteiger partial charge in [-0.15, -0.1) is 0 Å². The van der Waals surface area contributed by atoms with Gasteiger partial charge in [0.15, 0.2) is 0 Å². The zero-order valence-electron chi connectivity index (χ0n) is 10.3. The Hall–Kier alpha value is -0.120. The second kappa shape index (κ2) is 8.08. The number of hydrogen-bond donors (Lipinski definition) is 1. The highest BCUT2D eigenvalue weighted by molar-refractivity contribution is 4.71. The largest absolute Gasteiger partial charge is 0.380 e. The Balaban J connectivity index is 1.77. The Kier molecular flexibility index (Phi) is 6.98. The Morgan fingerprint density at radius 3 is 2.73 bits per heavy atom. The minimum atomic E-state index is 0.890. The monoisotopic (exact) mass is 214 g/mol. The van der Waals surface area contributed by atoms with Crippen LogP contribution in [0.3, 0.4) is 0 Å². The first-order chi connectivity index (χ1) is 7.33.